The third kappa shape index (κ3) is 6.54. The maximum Gasteiger partial charge on any atom is 0.307 e. The first-order valence-electron chi connectivity index (χ1n) is 10.00. The molecule has 0 saturated carbocycles. The number of carbonyl (C=O) groups is 1. The molecule has 1 aromatic heterocycles. The molecule has 0 unspecified atom stereocenters. The molecule has 0 aliphatic heterocycles. The average Bonchev–Trinajstić information content (AvgIpc) is 2.61. The van der Waals surface area contributed by atoms with E-state index in [9.17, 15) is 9.90 Å². The summed E-state index contributed by atoms with van der Waals surface area (Å²) in [5.74, 6) is -0.508. The van der Waals surface area contributed by atoms with Crippen LogP contribution >= 0.6 is 11.6 Å². The Morgan fingerprint density at radius 2 is 1.67 bits per heavy atom. The van der Waals surface area contributed by atoms with Crippen LogP contribution in [0.25, 0.3) is 22.0 Å². The number of aryl methyl sites for hydroxylation is 1. The average molecular weight is 428 g/mol. The third-order valence-corrected chi connectivity index (χ3v) is 4.65. The highest BCUT2D eigenvalue weighted by Crippen LogP contribution is 2.35. The summed E-state index contributed by atoms with van der Waals surface area (Å²) in [6.07, 6.45) is -0.0222. The van der Waals surface area contributed by atoms with Gasteiger partial charge >= 0.3 is 5.97 Å². The van der Waals surface area contributed by atoms with Crippen molar-refractivity contribution in [2.24, 2.45) is 0 Å². The summed E-state index contributed by atoms with van der Waals surface area (Å²) in [4.78, 5) is 16.2. The Hall–Kier alpha value is -2.43. The highest BCUT2D eigenvalue weighted by Gasteiger charge is 2.17. The van der Waals surface area contributed by atoms with Gasteiger partial charge in [0.25, 0.3) is 0 Å². The van der Waals surface area contributed by atoms with E-state index in [1.807, 2.05) is 49.4 Å². The van der Waals surface area contributed by atoms with Crippen molar-refractivity contribution in [2.75, 3.05) is 0 Å². The van der Waals surface area contributed by atoms with E-state index >= 15 is 0 Å². The molecule has 2 aromatic carbocycles. The molecule has 160 valence electrons. The van der Waals surface area contributed by atoms with Gasteiger partial charge in [0.05, 0.1) is 17.5 Å². The number of pyridine rings is 1. The number of carboxylic acids is 1. The Labute approximate surface area is 183 Å². The molecular formula is C25H30ClNO3. The SMILES string of the molecule is CC(C)(C)O.Cc1cc2nc(C(C)C)ccc2c(-c2ccc(Cl)cc2)c1CC(=O)O. The third-order valence-electron chi connectivity index (χ3n) is 4.40. The van der Waals surface area contributed by atoms with Gasteiger partial charge in [-0.3, -0.25) is 9.78 Å². The Morgan fingerprint density at radius 3 is 2.17 bits per heavy atom. The van der Waals surface area contributed by atoms with Gasteiger partial charge < -0.3 is 10.2 Å². The molecule has 0 fully saturated rings. The number of hydrogen-bond donors (Lipinski definition) is 2. The van der Waals surface area contributed by atoms with Gasteiger partial charge in [0.15, 0.2) is 0 Å². The fourth-order valence-corrected chi connectivity index (χ4v) is 3.24. The largest absolute Gasteiger partial charge is 0.481 e. The Bertz CT molecular complexity index is 1030. The van der Waals surface area contributed by atoms with Crippen molar-refractivity contribution in [3.63, 3.8) is 0 Å². The smallest absolute Gasteiger partial charge is 0.307 e. The van der Waals surface area contributed by atoms with Crippen LogP contribution in [0.2, 0.25) is 5.02 Å². The van der Waals surface area contributed by atoms with Gasteiger partial charge in [-0.1, -0.05) is 43.6 Å². The van der Waals surface area contributed by atoms with Crippen molar-refractivity contribution in [3.05, 3.63) is 64.3 Å². The van der Waals surface area contributed by atoms with E-state index in [0.29, 0.717) is 10.9 Å². The van der Waals surface area contributed by atoms with Crippen LogP contribution in [-0.4, -0.2) is 26.8 Å². The second-order valence-corrected chi connectivity index (χ2v) is 9.19. The summed E-state index contributed by atoms with van der Waals surface area (Å²) in [7, 11) is 0. The van der Waals surface area contributed by atoms with Gasteiger partial charge in [-0.05, 0) is 80.1 Å². The minimum atomic E-state index is -0.843. The molecule has 5 heteroatoms. The van der Waals surface area contributed by atoms with Crippen molar-refractivity contribution in [3.8, 4) is 11.1 Å². The van der Waals surface area contributed by atoms with Gasteiger partial charge in [0, 0.05) is 16.1 Å². The van der Waals surface area contributed by atoms with E-state index in [-0.39, 0.29) is 6.42 Å². The van der Waals surface area contributed by atoms with Gasteiger partial charge in [-0.15, -0.1) is 0 Å². The zero-order valence-electron chi connectivity index (χ0n) is 18.5. The standard InChI is InChI=1S/C21H20ClNO2.C4H10O/c1-12(2)18-9-8-16-19(23-18)10-13(3)17(11-20(24)25)21(16)14-4-6-15(22)7-5-14;1-4(2,3)5/h4-10,12H,11H2,1-3H3,(H,24,25);5H,1-3H3. The quantitative estimate of drug-likeness (QED) is 0.506. The van der Waals surface area contributed by atoms with Gasteiger partial charge in [0.2, 0.25) is 0 Å². The highest BCUT2D eigenvalue weighted by molar-refractivity contribution is 6.30. The van der Waals surface area contributed by atoms with Crippen molar-refractivity contribution >= 4 is 28.5 Å². The molecule has 2 N–H and O–H groups in total. The maximum atomic E-state index is 11.4. The zero-order valence-corrected chi connectivity index (χ0v) is 19.2. The lowest BCUT2D eigenvalue weighted by atomic mass is 9.89. The van der Waals surface area contributed by atoms with Crippen LogP contribution in [0.1, 0.15) is 57.4 Å². The fraction of sp³-hybridized carbons (Fsp3) is 0.360. The van der Waals surface area contributed by atoms with Gasteiger partial charge in [-0.2, -0.15) is 0 Å². The van der Waals surface area contributed by atoms with Gasteiger partial charge in [-0.25, -0.2) is 0 Å². The second-order valence-electron chi connectivity index (χ2n) is 8.75. The van der Waals surface area contributed by atoms with E-state index < -0.39 is 11.6 Å². The number of aliphatic carboxylic acids is 1. The number of rotatable bonds is 4. The molecule has 0 aliphatic carbocycles. The summed E-state index contributed by atoms with van der Waals surface area (Å²) in [6.45, 7) is 11.4. The second kappa shape index (κ2) is 9.59. The lowest BCUT2D eigenvalue weighted by Crippen LogP contribution is -2.10. The van der Waals surface area contributed by atoms with E-state index in [4.69, 9.17) is 21.7 Å². The molecule has 0 bridgehead atoms. The molecule has 30 heavy (non-hydrogen) atoms. The monoisotopic (exact) mass is 427 g/mol. The summed E-state index contributed by atoms with van der Waals surface area (Å²) >= 11 is 6.02. The Kier molecular flexibility index (Phi) is 7.62. The summed E-state index contributed by atoms with van der Waals surface area (Å²) < 4.78 is 0. The minimum Gasteiger partial charge on any atom is -0.481 e. The number of halogens is 1. The number of fused-ring (bicyclic) bond motifs is 1. The molecule has 0 aliphatic rings. The predicted octanol–water partition coefficient (Wildman–Crippen LogP) is 6.39. The molecule has 3 aromatic rings. The molecule has 3 rings (SSSR count). The number of nitrogens with zero attached hydrogens (tertiary/aromatic N) is 1. The van der Waals surface area contributed by atoms with Crippen LogP contribution in [0.15, 0.2) is 42.5 Å². The molecule has 4 nitrogen and oxygen atoms in total. The molecule has 0 radical (unpaired) electrons. The molecule has 0 saturated heterocycles. The first kappa shape index (κ1) is 23.8. The Balaban J connectivity index is 0.000000575. The number of hydrogen-bond acceptors (Lipinski definition) is 3. The van der Waals surface area contributed by atoms with Crippen molar-refractivity contribution in [2.45, 2.75) is 59.5 Å². The van der Waals surface area contributed by atoms with Crippen LogP contribution in [-0.2, 0) is 11.2 Å². The van der Waals surface area contributed by atoms with Crippen LogP contribution < -0.4 is 0 Å². The lowest BCUT2D eigenvalue weighted by molar-refractivity contribution is -0.136. The normalized spacial score (nSPS) is 11.4. The van der Waals surface area contributed by atoms with Crippen molar-refractivity contribution in [1.29, 1.82) is 0 Å². The Morgan fingerprint density at radius 1 is 1.10 bits per heavy atom. The number of aromatic nitrogens is 1. The van der Waals surface area contributed by atoms with E-state index in [2.05, 4.69) is 13.8 Å². The van der Waals surface area contributed by atoms with E-state index in [1.54, 1.807) is 20.8 Å². The summed E-state index contributed by atoms with van der Waals surface area (Å²) in [6, 6.07) is 13.6. The molecule has 1 heterocycles. The van der Waals surface area contributed by atoms with E-state index in [1.165, 1.54) is 0 Å². The maximum absolute atomic E-state index is 11.4. The van der Waals surface area contributed by atoms with Crippen LogP contribution in [0.5, 0.6) is 0 Å². The molecule has 0 spiro atoms. The number of carboxylic acid groups (broad SMARTS) is 1. The lowest BCUT2D eigenvalue weighted by Gasteiger charge is -2.16. The summed E-state index contributed by atoms with van der Waals surface area (Å²) in [5, 5.41) is 19.5. The first-order chi connectivity index (χ1) is 13.9. The minimum absolute atomic E-state index is 0.0222. The zero-order chi connectivity index (χ0) is 22.6. The van der Waals surface area contributed by atoms with Crippen molar-refractivity contribution in [1.82, 2.24) is 4.98 Å². The molecular weight excluding hydrogens is 398 g/mol. The predicted molar refractivity (Wildman–Crippen MR) is 124 cm³/mol. The fourth-order valence-electron chi connectivity index (χ4n) is 3.11. The topological polar surface area (TPSA) is 70.4 Å². The first-order valence-corrected chi connectivity index (χ1v) is 10.4. The van der Waals surface area contributed by atoms with Crippen molar-refractivity contribution < 1.29 is 15.0 Å². The number of benzene rings is 2. The van der Waals surface area contributed by atoms with Crippen LogP contribution in [0, 0.1) is 6.92 Å². The van der Waals surface area contributed by atoms with Crippen LogP contribution in [0.3, 0.4) is 0 Å². The molecule has 0 amide bonds. The van der Waals surface area contributed by atoms with E-state index in [0.717, 1.165) is 38.9 Å². The molecule has 0 atom stereocenters. The van der Waals surface area contributed by atoms with Crippen LogP contribution in [0.4, 0.5) is 0 Å². The van der Waals surface area contributed by atoms with Gasteiger partial charge in [0.1, 0.15) is 0 Å². The summed E-state index contributed by atoms with van der Waals surface area (Å²) in [5.41, 5.74) is 5.06. The number of aliphatic hydroxyl groups is 1. The highest BCUT2D eigenvalue weighted by atomic mass is 35.5.